The number of aliphatic hydroxyl groups excluding tert-OH is 1. The van der Waals surface area contributed by atoms with Gasteiger partial charge in [-0.25, -0.2) is 0 Å². The van der Waals surface area contributed by atoms with Crippen molar-refractivity contribution in [2.24, 2.45) is 5.73 Å². The molecule has 0 aromatic carbocycles. The maximum atomic E-state index is 8.88. The van der Waals surface area contributed by atoms with Gasteiger partial charge in [0.1, 0.15) is 0 Å². The van der Waals surface area contributed by atoms with Crippen molar-refractivity contribution in [3.63, 3.8) is 0 Å². The first-order valence-electron chi connectivity index (χ1n) is 5.37. The van der Waals surface area contributed by atoms with Crippen molar-refractivity contribution in [3.8, 4) is 0 Å². The van der Waals surface area contributed by atoms with Crippen molar-refractivity contribution in [1.82, 2.24) is 4.90 Å². The highest BCUT2D eigenvalue weighted by atomic mass is 32.1. The summed E-state index contributed by atoms with van der Waals surface area (Å²) >= 11 is 4.81. The summed E-state index contributed by atoms with van der Waals surface area (Å²) in [5.74, 6) is 0. The SMILES string of the molecule is NC(=S)CCCCN(CCO)C1CC1. The highest BCUT2D eigenvalue weighted by Crippen LogP contribution is 2.26. The van der Waals surface area contributed by atoms with Crippen LogP contribution in [0.3, 0.4) is 0 Å². The molecule has 0 atom stereocenters. The molecule has 0 aromatic rings. The van der Waals surface area contributed by atoms with Crippen LogP contribution in [0, 0.1) is 0 Å². The average Bonchev–Trinajstić information content (AvgIpc) is 2.93. The van der Waals surface area contributed by atoms with Gasteiger partial charge in [-0.1, -0.05) is 12.2 Å². The lowest BCUT2D eigenvalue weighted by molar-refractivity contribution is 0.187. The van der Waals surface area contributed by atoms with Crippen LogP contribution in [0.5, 0.6) is 0 Å². The van der Waals surface area contributed by atoms with Crippen molar-refractivity contribution >= 4 is 17.2 Å². The van der Waals surface area contributed by atoms with Crippen LogP contribution in [0.15, 0.2) is 0 Å². The predicted molar refractivity (Wildman–Crippen MR) is 62.3 cm³/mol. The summed E-state index contributed by atoms with van der Waals surface area (Å²) in [5, 5.41) is 8.88. The standard InChI is InChI=1S/C10H20N2OS/c11-10(14)3-1-2-6-12(7-8-13)9-4-5-9/h9,13H,1-8H2,(H2,11,14). The van der Waals surface area contributed by atoms with E-state index in [0.717, 1.165) is 38.4 Å². The van der Waals surface area contributed by atoms with Gasteiger partial charge in [0.2, 0.25) is 0 Å². The van der Waals surface area contributed by atoms with Gasteiger partial charge < -0.3 is 10.8 Å². The summed E-state index contributed by atoms with van der Waals surface area (Å²) in [6.45, 7) is 2.16. The molecule has 0 aliphatic heterocycles. The van der Waals surface area contributed by atoms with Crippen molar-refractivity contribution in [2.75, 3.05) is 19.7 Å². The smallest absolute Gasteiger partial charge is 0.0727 e. The Balaban J connectivity index is 2.04. The van der Waals surface area contributed by atoms with E-state index in [1.165, 1.54) is 12.8 Å². The van der Waals surface area contributed by atoms with Crippen LogP contribution in [0.1, 0.15) is 32.1 Å². The molecule has 1 aliphatic rings. The summed E-state index contributed by atoms with van der Waals surface area (Å²) in [4.78, 5) is 2.99. The molecule has 0 radical (unpaired) electrons. The molecule has 0 unspecified atom stereocenters. The summed E-state index contributed by atoms with van der Waals surface area (Å²) < 4.78 is 0. The van der Waals surface area contributed by atoms with E-state index in [9.17, 15) is 0 Å². The second kappa shape index (κ2) is 6.32. The fraction of sp³-hybridized carbons (Fsp3) is 0.900. The molecule has 0 heterocycles. The van der Waals surface area contributed by atoms with Crippen molar-refractivity contribution in [2.45, 2.75) is 38.1 Å². The molecule has 0 amide bonds. The number of nitrogens with zero attached hydrogens (tertiary/aromatic N) is 1. The number of nitrogens with two attached hydrogens (primary N) is 1. The van der Waals surface area contributed by atoms with Gasteiger partial charge in [-0.3, -0.25) is 4.90 Å². The monoisotopic (exact) mass is 216 g/mol. The molecule has 82 valence electrons. The maximum absolute atomic E-state index is 8.88. The molecule has 0 aromatic heterocycles. The fourth-order valence-electron chi connectivity index (χ4n) is 1.66. The number of hydrogen-bond donors (Lipinski definition) is 2. The number of hydrogen-bond acceptors (Lipinski definition) is 3. The highest BCUT2D eigenvalue weighted by Gasteiger charge is 2.27. The minimum Gasteiger partial charge on any atom is -0.395 e. The van der Waals surface area contributed by atoms with Crippen molar-refractivity contribution < 1.29 is 5.11 Å². The Morgan fingerprint density at radius 2 is 2.07 bits per heavy atom. The third-order valence-electron chi connectivity index (χ3n) is 2.57. The summed E-state index contributed by atoms with van der Waals surface area (Å²) in [6, 6.07) is 0.743. The van der Waals surface area contributed by atoms with Gasteiger partial charge in [-0.15, -0.1) is 0 Å². The van der Waals surface area contributed by atoms with E-state index < -0.39 is 0 Å². The molecule has 0 spiro atoms. The zero-order valence-corrected chi connectivity index (χ0v) is 9.43. The third-order valence-corrected chi connectivity index (χ3v) is 2.77. The Kier molecular flexibility index (Phi) is 5.37. The second-order valence-corrected chi connectivity index (χ2v) is 4.44. The van der Waals surface area contributed by atoms with E-state index in [1.54, 1.807) is 0 Å². The first-order chi connectivity index (χ1) is 6.74. The van der Waals surface area contributed by atoms with Crippen LogP contribution in [0.4, 0.5) is 0 Å². The van der Waals surface area contributed by atoms with E-state index >= 15 is 0 Å². The summed E-state index contributed by atoms with van der Waals surface area (Å²) in [6.07, 6.45) is 5.66. The van der Waals surface area contributed by atoms with Gasteiger partial charge >= 0.3 is 0 Å². The largest absolute Gasteiger partial charge is 0.395 e. The molecule has 4 heteroatoms. The van der Waals surface area contributed by atoms with Crippen LogP contribution in [0.2, 0.25) is 0 Å². The Hall–Kier alpha value is -0.190. The summed E-state index contributed by atoms with van der Waals surface area (Å²) in [7, 11) is 0. The van der Waals surface area contributed by atoms with Crippen molar-refractivity contribution in [1.29, 1.82) is 0 Å². The Morgan fingerprint density at radius 1 is 1.36 bits per heavy atom. The summed E-state index contributed by atoms with van der Waals surface area (Å²) in [5.41, 5.74) is 5.42. The van der Waals surface area contributed by atoms with Crippen LogP contribution >= 0.6 is 12.2 Å². The maximum Gasteiger partial charge on any atom is 0.0727 e. The molecule has 1 rings (SSSR count). The number of aliphatic hydroxyl groups is 1. The Labute approximate surface area is 91.3 Å². The number of thiocarbonyl (C=S) groups is 1. The molecule has 14 heavy (non-hydrogen) atoms. The van der Waals surface area contributed by atoms with Gasteiger partial charge in [0.15, 0.2) is 0 Å². The van der Waals surface area contributed by atoms with Gasteiger partial charge in [0, 0.05) is 12.6 Å². The van der Waals surface area contributed by atoms with Gasteiger partial charge in [0.25, 0.3) is 0 Å². The number of rotatable bonds is 8. The topological polar surface area (TPSA) is 49.5 Å². The third kappa shape index (κ3) is 4.88. The molecule has 0 bridgehead atoms. The molecule has 3 nitrogen and oxygen atoms in total. The minimum absolute atomic E-state index is 0.270. The first-order valence-corrected chi connectivity index (χ1v) is 5.78. The van der Waals surface area contributed by atoms with Crippen LogP contribution in [0.25, 0.3) is 0 Å². The van der Waals surface area contributed by atoms with Gasteiger partial charge in [-0.05, 0) is 38.6 Å². The normalized spacial score (nSPS) is 16.1. The lowest BCUT2D eigenvalue weighted by atomic mass is 10.2. The lowest BCUT2D eigenvalue weighted by Gasteiger charge is -2.20. The molecular formula is C10H20N2OS. The van der Waals surface area contributed by atoms with Crippen LogP contribution in [-0.2, 0) is 0 Å². The average molecular weight is 216 g/mol. The van der Waals surface area contributed by atoms with E-state index in [2.05, 4.69) is 4.90 Å². The zero-order chi connectivity index (χ0) is 10.4. The minimum atomic E-state index is 0.270. The van der Waals surface area contributed by atoms with Gasteiger partial charge in [-0.2, -0.15) is 0 Å². The van der Waals surface area contributed by atoms with Crippen molar-refractivity contribution in [3.05, 3.63) is 0 Å². The highest BCUT2D eigenvalue weighted by molar-refractivity contribution is 7.80. The first kappa shape index (κ1) is 11.9. The second-order valence-electron chi connectivity index (χ2n) is 3.91. The lowest BCUT2D eigenvalue weighted by Crippen LogP contribution is -2.30. The molecular weight excluding hydrogens is 196 g/mol. The molecule has 1 saturated carbocycles. The quantitative estimate of drug-likeness (QED) is 0.467. The predicted octanol–water partition coefficient (Wildman–Crippen LogP) is 0.899. The fourth-order valence-corrected chi connectivity index (χ4v) is 1.80. The molecule has 1 fully saturated rings. The Morgan fingerprint density at radius 3 is 2.57 bits per heavy atom. The van der Waals surface area contributed by atoms with E-state index in [1.807, 2.05) is 0 Å². The van der Waals surface area contributed by atoms with E-state index in [-0.39, 0.29) is 6.61 Å². The molecule has 0 saturated heterocycles. The van der Waals surface area contributed by atoms with Crippen LogP contribution < -0.4 is 5.73 Å². The Bertz CT molecular complexity index is 183. The van der Waals surface area contributed by atoms with Gasteiger partial charge in [0.05, 0.1) is 11.6 Å². The molecule has 1 aliphatic carbocycles. The number of unbranched alkanes of at least 4 members (excludes halogenated alkanes) is 1. The molecule has 3 N–H and O–H groups in total. The van der Waals surface area contributed by atoms with E-state index in [4.69, 9.17) is 23.1 Å². The zero-order valence-electron chi connectivity index (χ0n) is 8.61. The van der Waals surface area contributed by atoms with Crippen LogP contribution in [-0.4, -0.2) is 40.7 Å². The van der Waals surface area contributed by atoms with E-state index in [0.29, 0.717) is 4.99 Å².